The van der Waals surface area contributed by atoms with Gasteiger partial charge in [-0.25, -0.2) is 4.98 Å². The number of imidazole rings is 1. The van der Waals surface area contributed by atoms with Crippen LogP contribution in [-0.4, -0.2) is 9.38 Å². The summed E-state index contributed by atoms with van der Waals surface area (Å²) >= 11 is 1.80. The molecule has 1 unspecified atom stereocenters. The van der Waals surface area contributed by atoms with Gasteiger partial charge in [-0.2, -0.15) is 0 Å². The highest BCUT2D eigenvalue weighted by Gasteiger charge is 2.19. The first-order chi connectivity index (χ1) is 8.59. The molecule has 0 aliphatic heterocycles. The van der Waals surface area contributed by atoms with E-state index < -0.39 is 0 Å². The molecule has 2 N–H and O–H groups in total. The number of nitrogens with two attached hydrogens (primary N) is 1. The molecule has 0 saturated heterocycles. The van der Waals surface area contributed by atoms with E-state index in [2.05, 4.69) is 42.5 Å². The fraction of sp³-hybridized carbons (Fsp3) is 0.357. The predicted molar refractivity (Wildman–Crippen MR) is 77.3 cm³/mol. The molecular weight excluding hydrogens is 242 g/mol. The van der Waals surface area contributed by atoms with Crippen molar-refractivity contribution in [2.24, 2.45) is 5.73 Å². The van der Waals surface area contributed by atoms with Gasteiger partial charge >= 0.3 is 0 Å². The zero-order chi connectivity index (χ0) is 12.9. The van der Waals surface area contributed by atoms with Crippen LogP contribution in [0.2, 0.25) is 0 Å². The third-order valence-electron chi connectivity index (χ3n) is 3.15. The van der Waals surface area contributed by atoms with Crippen LogP contribution in [-0.2, 0) is 0 Å². The number of hydrogen-bond acceptors (Lipinski definition) is 3. The second-order valence-corrected chi connectivity index (χ2v) is 6.04. The molecule has 0 fully saturated rings. The van der Waals surface area contributed by atoms with Gasteiger partial charge in [0, 0.05) is 0 Å². The Morgan fingerprint density at radius 3 is 2.61 bits per heavy atom. The summed E-state index contributed by atoms with van der Waals surface area (Å²) in [7, 11) is 0. The van der Waals surface area contributed by atoms with Gasteiger partial charge in [0.1, 0.15) is 10.7 Å². The van der Waals surface area contributed by atoms with E-state index in [9.17, 15) is 0 Å². The molecule has 0 spiro atoms. The van der Waals surface area contributed by atoms with Crippen LogP contribution in [0.3, 0.4) is 0 Å². The second-order valence-electron chi connectivity index (χ2n) is 5.01. The van der Waals surface area contributed by atoms with Crippen molar-refractivity contribution in [3.8, 4) is 0 Å². The van der Waals surface area contributed by atoms with Crippen molar-refractivity contribution in [3.63, 3.8) is 0 Å². The van der Waals surface area contributed by atoms with Gasteiger partial charge in [0.15, 0.2) is 0 Å². The minimum Gasteiger partial charge on any atom is -0.322 e. The molecule has 0 amide bonds. The first kappa shape index (κ1) is 11.7. The van der Waals surface area contributed by atoms with Crippen LogP contribution in [0, 0.1) is 0 Å². The number of rotatable bonds is 2. The van der Waals surface area contributed by atoms with Crippen molar-refractivity contribution in [1.82, 2.24) is 9.38 Å². The van der Waals surface area contributed by atoms with Gasteiger partial charge in [-0.1, -0.05) is 26.0 Å². The number of nitrogens with zero attached hydrogens (tertiary/aromatic N) is 2. The Bertz CT molecular complexity index is 706. The normalized spacial score (nSPS) is 13.8. The van der Waals surface area contributed by atoms with Gasteiger partial charge < -0.3 is 5.73 Å². The Labute approximate surface area is 110 Å². The molecule has 2 aromatic heterocycles. The van der Waals surface area contributed by atoms with Crippen molar-refractivity contribution in [1.29, 1.82) is 0 Å². The summed E-state index contributed by atoms with van der Waals surface area (Å²) in [5.41, 5.74) is 8.43. The molecule has 18 heavy (non-hydrogen) atoms. The summed E-state index contributed by atoms with van der Waals surface area (Å²) in [6.45, 7) is 6.35. The monoisotopic (exact) mass is 259 g/mol. The Hall–Kier alpha value is -1.39. The maximum Gasteiger partial charge on any atom is 0.131 e. The first-order valence-corrected chi connectivity index (χ1v) is 7.06. The highest BCUT2D eigenvalue weighted by Crippen LogP contribution is 2.34. The summed E-state index contributed by atoms with van der Waals surface area (Å²) in [4.78, 5) is 5.98. The highest BCUT2D eigenvalue weighted by molar-refractivity contribution is 7.24. The summed E-state index contributed by atoms with van der Waals surface area (Å²) in [6, 6.07) is 8.38. The van der Waals surface area contributed by atoms with Crippen LogP contribution in [0.25, 0.3) is 15.0 Å². The van der Waals surface area contributed by atoms with Gasteiger partial charge in [-0.05, 0) is 25.0 Å². The Morgan fingerprint density at radius 1 is 1.22 bits per heavy atom. The lowest BCUT2D eigenvalue weighted by Gasteiger charge is -2.03. The maximum absolute atomic E-state index is 6.06. The minimum absolute atomic E-state index is 0.0528. The first-order valence-electron chi connectivity index (χ1n) is 6.25. The number of hydrogen-bond donors (Lipinski definition) is 1. The van der Waals surface area contributed by atoms with Crippen LogP contribution in [0.5, 0.6) is 0 Å². The summed E-state index contributed by atoms with van der Waals surface area (Å²) in [6.07, 6.45) is 0. The SMILES string of the molecule is CC(C)c1nc(C(C)N)n2c1sc1ccccc12. The van der Waals surface area contributed by atoms with E-state index in [0.717, 1.165) is 11.5 Å². The summed E-state index contributed by atoms with van der Waals surface area (Å²) in [5, 5.41) is 0. The van der Waals surface area contributed by atoms with E-state index in [4.69, 9.17) is 10.7 Å². The standard InChI is InChI=1S/C14H17N3S/c1-8(2)12-14-17(13(16-12)9(3)15)10-6-4-5-7-11(10)18-14/h4-9H,15H2,1-3H3. The lowest BCUT2D eigenvalue weighted by molar-refractivity contribution is 0.731. The third-order valence-corrected chi connectivity index (χ3v) is 4.30. The summed E-state index contributed by atoms with van der Waals surface area (Å²) in [5.74, 6) is 1.38. The predicted octanol–water partition coefficient (Wildman–Crippen LogP) is 3.69. The van der Waals surface area contributed by atoms with Crippen LogP contribution in [0.15, 0.2) is 24.3 Å². The van der Waals surface area contributed by atoms with Gasteiger partial charge in [0.25, 0.3) is 0 Å². The van der Waals surface area contributed by atoms with Crippen LogP contribution < -0.4 is 5.73 Å². The van der Waals surface area contributed by atoms with Crippen molar-refractivity contribution in [2.75, 3.05) is 0 Å². The van der Waals surface area contributed by atoms with E-state index in [1.165, 1.54) is 15.0 Å². The fourth-order valence-electron chi connectivity index (χ4n) is 2.28. The molecular formula is C14H17N3S. The quantitative estimate of drug-likeness (QED) is 0.762. The van der Waals surface area contributed by atoms with Gasteiger partial charge in [-0.3, -0.25) is 4.40 Å². The number of benzene rings is 1. The second kappa shape index (κ2) is 4.07. The molecule has 3 aromatic rings. The minimum atomic E-state index is -0.0528. The van der Waals surface area contributed by atoms with Crippen molar-refractivity contribution in [3.05, 3.63) is 35.8 Å². The highest BCUT2D eigenvalue weighted by atomic mass is 32.1. The number of aromatic nitrogens is 2. The molecule has 3 nitrogen and oxygen atoms in total. The topological polar surface area (TPSA) is 43.3 Å². The number of fused-ring (bicyclic) bond motifs is 3. The van der Waals surface area contributed by atoms with Crippen molar-refractivity contribution < 1.29 is 0 Å². The Balaban J connectivity index is 2.47. The molecule has 0 bridgehead atoms. The molecule has 4 heteroatoms. The van der Waals surface area contributed by atoms with Gasteiger partial charge in [-0.15, -0.1) is 11.3 Å². The molecule has 0 radical (unpaired) electrons. The van der Waals surface area contributed by atoms with Gasteiger partial charge in [0.05, 0.1) is 22.0 Å². The Morgan fingerprint density at radius 2 is 1.94 bits per heavy atom. The third kappa shape index (κ3) is 1.56. The summed E-state index contributed by atoms with van der Waals surface area (Å²) < 4.78 is 3.51. The molecule has 94 valence electrons. The van der Waals surface area contributed by atoms with Crippen molar-refractivity contribution >= 4 is 26.4 Å². The van der Waals surface area contributed by atoms with E-state index in [-0.39, 0.29) is 6.04 Å². The lowest BCUT2D eigenvalue weighted by Crippen LogP contribution is -2.09. The molecule has 0 saturated carbocycles. The van der Waals surface area contributed by atoms with Crippen LogP contribution in [0.4, 0.5) is 0 Å². The van der Waals surface area contributed by atoms with E-state index in [0.29, 0.717) is 5.92 Å². The van der Waals surface area contributed by atoms with Crippen molar-refractivity contribution in [2.45, 2.75) is 32.7 Å². The van der Waals surface area contributed by atoms with E-state index >= 15 is 0 Å². The fourth-order valence-corrected chi connectivity index (χ4v) is 3.57. The molecule has 0 aliphatic carbocycles. The van der Waals surface area contributed by atoms with E-state index in [1.54, 1.807) is 11.3 Å². The number of thiazole rings is 1. The molecule has 3 rings (SSSR count). The zero-order valence-electron chi connectivity index (χ0n) is 10.8. The Kier molecular flexibility index (Phi) is 2.64. The zero-order valence-corrected chi connectivity index (χ0v) is 11.7. The smallest absolute Gasteiger partial charge is 0.131 e. The molecule has 1 aromatic carbocycles. The number of para-hydroxylation sites is 1. The lowest BCUT2D eigenvalue weighted by atomic mass is 10.2. The molecule has 2 heterocycles. The molecule has 1 atom stereocenters. The average molecular weight is 259 g/mol. The van der Waals surface area contributed by atoms with Gasteiger partial charge in [0.2, 0.25) is 0 Å². The van der Waals surface area contributed by atoms with Crippen LogP contribution >= 0.6 is 11.3 Å². The largest absolute Gasteiger partial charge is 0.322 e. The molecule has 0 aliphatic rings. The van der Waals surface area contributed by atoms with E-state index in [1.807, 2.05) is 6.92 Å². The van der Waals surface area contributed by atoms with Crippen LogP contribution in [0.1, 0.15) is 44.2 Å². The maximum atomic E-state index is 6.06. The average Bonchev–Trinajstić information content (AvgIpc) is 2.84.